The Hall–Kier alpha value is -8.86. The van der Waals surface area contributed by atoms with Gasteiger partial charge in [0.1, 0.15) is 0 Å². The van der Waals surface area contributed by atoms with Crippen LogP contribution in [0.3, 0.4) is 0 Å². The molecule has 0 bridgehead atoms. The van der Waals surface area contributed by atoms with E-state index in [0.29, 0.717) is 5.82 Å². The second-order valence-electron chi connectivity index (χ2n) is 17.0. The highest BCUT2D eigenvalue weighted by Crippen LogP contribution is 2.50. The van der Waals surface area contributed by atoms with E-state index < -0.39 is 0 Å². The maximum Gasteiger partial charge on any atom is 0.160 e. The van der Waals surface area contributed by atoms with Crippen molar-refractivity contribution in [2.45, 2.75) is 6.04 Å². The molecule has 0 aliphatic carbocycles. The molecule has 1 atom stereocenters. The standard InChI is InChI=1S/C63H44N4/c1-6-22-43(23-7-1)54-42-55(48-32-21-35-51(41-48)67-56-38-18-16-36-52(56)53-37-17-19-39-57(53)67)65-63(64-54)50-34-20-33-49(40-50)58-59(44-24-8-2-9-25-44)61(46-28-12-4-13-29-46)66-62(47-30-14-5-15-31-47)60(58)45-26-10-3-11-27-45/h1-42,61,66H. The number of fused-ring (bicyclic) bond motifs is 3. The monoisotopic (exact) mass is 856 g/mol. The molecule has 4 heteroatoms. The first-order chi connectivity index (χ1) is 33.2. The topological polar surface area (TPSA) is 42.7 Å². The Bertz CT molecular complexity index is 3580. The normalized spacial score (nSPS) is 13.8. The van der Waals surface area contributed by atoms with Gasteiger partial charge in [-0.1, -0.05) is 218 Å². The summed E-state index contributed by atoms with van der Waals surface area (Å²) in [6.07, 6.45) is 0. The highest BCUT2D eigenvalue weighted by atomic mass is 15.0. The van der Waals surface area contributed by atoms with E-state index in [4.69, 9.17) is 9.97 Å². The van der Waals surface area contributed by atoms with Crippen molar-refractivity contribution >= 4 is 44.2 Å². The summed E-state index contributed by atoms with van der Waals surface area (Å²) in [6.45, 7) is 0. The van der Waals surface area contributed by atoms with E-state index in [0.717, 1.165) is 72.9 Å². The maximum absolute atomic E-state index is 5.45. The molecule has 2 aromatic heterocycles. The molecule has 9 aromatic carbocycles. The maximum atomic E-state index is 5.45. The number of nitrogens with zero attached hydrogens (tertiary/aromatic N) is 3. The number of rotatable bonds is 9. The quantitative estimate of drug-likeness (QED) is 0.157. The van der Waals surface area contributed by atoms with Crippen LogP contribution in [0.2, 0.25) is 0 Å². The molecule has 1 aliphatic rings. The third kappa shape index (κ3) is 7.41. The molecule has 1 N–H and O–H groups in total. The predicted octanol–water partition coefficient (Wildman–Crippen LogP) is 15.4. The molecular weight excluding hydrogens is 813 g/mol. The van der Waals surface area contributed by atoms with Gasteiger partial charge in [-0.25, -0.2) is 9.97 Å². The number of nitrogens with one attached hydrogen (secondary N) is 1. The lowest BCUT2D eigenvalue weighted by molar-refractivity contribution is 0.787. The highest BCUT2D eigenvalue weighted by Gasteiger charge is 2.33. The van der Waals surface area contributed by atoms with Crippen LogP contribution < -0.4 is 5.32 Å². The third-order valence-corrected chi connectivity index (χ3v) is 12.9. The van der Waals surface area contributed by atoms with Crippen LogP contribution in [0.15, 0.2) is 255 Å². The minimum atomic E-state index is -0.156. The van der Waals surface area contributed by atoms with Crippen LogP contribution in [0, 0.1) is 0 Å². The summed E-state index contributed by atoms with van der Waals surface area (Å²) in [5.74, 6) is 0.657. The van der Waals surface area contributed by atoms with E-state index in [1.165, 1.54) is 32.9 Å². The van der Waals surface area contributed by atoms with Crippen molar-refractivity contribution in [3.63, 3.8) is 0 Å². The lowest BCUT2D eigenvalue weighted by Crippen LogP contribution is -2.27. The van der Waals surface area contributed by atoms with Gasteiger partial charge in [-0.2, -0.15) is 0 Å². The summed E-state index contributed by atoms with van der Waals surface area (Å²) in [6, 6.07) is 90.4. The van der Waals surface area contributed by atoms with E-state index in [-0.39, 0.29) is 6.04 Å². The molecule has 67 heavy (non-hydrogen) atoms. The Kier molecular flexibility index (Phi) is 10.2. The number of hydrogen-bond donors (Lipinski definition) is 1. The minimum Gasteiger partial charge on any atom is -0.373 e. The molecule has 1 unspecified atom stereocenters. The van der Waals surface area contributed by atoms with E-state index in [9.17, 15) is 0 Å². The number of allylic oxidation sites excluding steroid dienone is 2. The fourth-order valence-electron chi connectivity index (χ4n) is 9.84. The summed E-state index contributed by atoms with van der Waals surface area (Å²) >= 11 is 0. The van der Waals surface area contributed by atoms with Gasteiger partial charge in [0.2, 0.25) is 0 Å². The highest BCUT2D eigenvalue weighted by molar-refractivity contribution is 6.24. The largest absolute Gasteiger partial charge is 0.373 e. The van der Waals surface area contributed by atoms with E-state index in [1.54, 1.807) is 0 Å². The summed E-state index contributed by atoms with van der Waals surface area (Å²) in [5.41, 5.74) is 18.3. The molecular formula is C63H44N4. The molecule has 1 aliphatic heterocycles. The minimum absolute atomic E-state index is 0.156. The lowest BCUT2D eigenvalue weighted by Gasteiger charge is -2.36. The van der Waals surface area contributed by atoms with Gasteiger partial charge in [-0.3, -0.25) is 0 Å². The van der Waals surface area contributed by atoms with Crippen molar-refractivity contribution in [3.8, 4) is 39.6 Å². The molecule has 0 spiro atoms. The second-order valence-corrected chi connectivity index (χ2v) is 17.0. The SMILES string of the molecule is c1ccc(C2=C(c3ccccc3)C(c3cccc(-c4nc(-c5ccccc5)cc(-c5cccc(-n6c7ccccc7c7ccccc76)c5)n4)c3)=C(c3ccccc3)C(c3ccccc3)N2)cc1. The van der Waals surface area contributed by atoms with Gasteiger partial charge in [0.15, 0.2) is 5.82 Å². The Morgan fingerprint density at radius 1 is 0.343 bits per heavy atom. The fraction of sp³-hybridized carbons (Fsp3) is 0.0159. The molecule has 0 radical (unpaired) electrons. The van der Waals surface area contributed by atoms with Crippen molar-refractivity contribution in [2.24, 2.45) is 0 Å². The van der Waals surface area contributed by atoms with Crippen LogP contribution in [0.1, 0.15) is 33.9 Å². The molecule has 12 rings (SSSR count). The number of para-hydroxylation sites is 2. The zero-order valence-electron chi connectivity index (χ0n) is 36.7. The van der Waals surface area contributed by atoms with Gasteiger partial charge in [-0.05, 0) is 75.4 Å². The molecule has 0 amide bonds. The van der Waals surface area contributed by atoms with Gasteiger partial charge >= 0.3 is 0 Å². The Morgan fingerprint density at radius 2 is 0.821 bits per heavy atom. The Morgan fingerprint density at radius 3 is 1.46 bits per heavy atom. The van der Waals surface area contributed by atoms with Crippen LogP contribution in [0.5, 0.6) is 0 Å². The van der Waals surface area contributed by atoms with Crippen LogP contribution in [0.25, 0.3) is 83.8 Å². The van der Waals surface area contributed by atoms with Gasteiger partial charge < -0.3 is 9.88 Å². The molecule has 316 valence electrons. The number of aromatic nitrogens is 3. The molecule has 0 saturated carbocycles. The number of hydrogen-bond acceptors (Lipinski definition) is 3. The second kappa shape index (κ2) is 17.3. The average molecular weight is 857 g/mol. The molecule has 4 nitrogen and oxygen atoms in total. The van der Waals surface area contributed by atoms with Crippen LogP contribution in [-0.4, -0.2) is 14.5 Å². The molecule has 0 saturated heterocycles. The summed E-state index contributed by atoms with van der Waals surface area (Å²) in [4.78, 5) is 10.8. The van der Waals surface area contributed by atoms with Crippen molar-refractivity contribution in [2.75, 3.05) is 0 Å². The van der Waals surface area contributed by atoms with Crippen LogP contribution in [0.4, 0.5) is 0 Å². The smallest absolute Gasteiger partial charge is 0.160 e. The van der Waals surface area contributed by atoms with E-state index in [1.807, 2.05) is 6.07 Å². The first-order valence-corrected chi connectivity index (χ1v) is 22.9. The van der Waals surface area contributed by atoms with Crippen molar-refractivity contribution in [1.29, 1.82) is 0 Å². The van der Waals surface area contributed by atoms with Gasteiger partial charge in [-0.15, -0.1) is 0 Å². The molecule has 3 heterocycles. The van der Waals surface area contributed by atoms with Gasteiger partial charge in [0.05, 0.1) is 34.2 Å². The van der Waals surface area contributed by atoms with Gasteiger partial charge in [0, 0.05) is 38.7 Å². The molecule has 0 fully saturated rings. The third-order valence-electron chi connectivity index (χ3n) is 12.9. The fourth-order valence-corrected chi connectivity index (χ4v) is 9.84. The van der Waals surface area contributed by atoms with Gasteiger partial charge in [0.25, 0.3) is 0 Å². The lowest BCUT2D eigenvalue weighted by atomic mass is 9.77. The molecule has 11 aromatic rings. The van der Waals surface area contributed by atoms with E-state index >= 15 is 0 Å². The first kappa shape index (κ1) is 39.7. The summed E-state index contributed by atoms with van der Waals surface area (Å²) in [7, 11) is 0. The Balaban J connectivity index is 1.08. The number of benzene rings is 9. The average Bonchev–Trinajstić information content (AvgIpc) is 3.76. The van der Waals surface area contributed by atoms with Crippen molar-refractivity contribution < 1.29 is 0 Å². The summed E-state index contributed by atoms with van der Waals surface area (Å²) in [5, 5.41) is 6.57. The van der Waals surface area contributed by atoms with Crippen LogP contribution >= 0.6 is 0 Å². The van der Waals surface area contributed by atoms with Crippen molar-refractivity contribution in [1.82, 2.24) is 19.9 Å². The predicted molar refractivity (Wildman–Crippen MR) is 278 cm³/mol. The van der Waals surface area contributed by atoms with Crippen LogP contribution in [-0.2, 0) is 0 Å². The zero-order valence-corrected chi connectivity index (χ0v) is 36.7. The van der Waals surface area contributed by atoms with E-state index in [2.05, 4.69) is 259 Å². The first-order valence-electron chi connectivity index (χ1n) is 22.9. The van der Waals surface area contributed by atoms with Crippen molar-refractivity contribution in [3.05, 3.63) is 283 Å². The summed E-state index contributed by atoms with van der Waals surface area (Å²) < 4.78 is 2.36. The Labute approximate surface area is 390 Å². The number of dihydropyridines is 1. The zero-order chi connectivity index (χ0) is 44.5.